The molecule has 3 aliphatic rings. The Morgan fingerprint density at radius 3 is 2.08 bits per heavy atom. The van der Waals surface area contributed by atoms with E-state index in [1.165, 1.54) is 48.7 Å². The fourth-order valence-electron chi connectivity index (χ4n) is 11.9. The van der Waals surface area contributed by atoms with E-state index in [9.17, 15) is 39.2 Å². The highest BCUT2D eigenvalue weighted by molar-refractivity contribution is 5.78. The van der Waals surface area contributed by atoms with Crippen LogP contribution in [0.1, 0.15) is 113 Å². The minimum Gasteiger partial charge on any atom is -0.459 e. The van der Waals surface area contributed by atoms with E-state index < -0.39 is 150 Å². The average molecular weight is 1140 g/mol. The summed E-state index contributed by atoms with van der Waals surface area (Å²) in [6.45, 7) is 16.7. The van der Waals surface area contributed by atoms with Gasteiger partial charge in [-0.2, -0.15) is 10.2 Å². The van der Waals surface area contributed by atoms with Gasteiger partial charge < -0.3 is 68.1 Å². The third-order valence-electron chi connectivity index (χ3n) is 16.5. The molecule has 0 aliphatic carbocycles. The van der Waals surface area contributed by atoms with Crippen molar-refractivity contribution in [2.75, 3.05) is 34.8 Å². The van der Waals surface area contributed by atoms with E-state index in [0.29, 0.717) is 19.0 Å². The maximum Gasteiger partial charge on any atom is 0.311 e. The molecule has 0 bridgehead atoms. The van der Waals surface area contributed by atoms with Crippen LogP contribution in [0.3, 0.4) is 0 Å². The Hall–Kier alpha value is -4.67. The van der Waals surface area contributed by atoms with Gasteiger partial charge in [0.05, 0.1) is 73.5 Å². The van der Waals surface area contributed by atoms with Crippen LogP contribution in [-0.4, -0.2) is 203 Å². The number of cyclic esters (lactones) is 1. The number of nitrogens with zero attached hydrogens (tertiary/aromatic N) is 8. The number of aromatic nitrogens is 6. The summed E-state index contributed by atoms with van der Waals surface area (Å²) in [6.07, 6.45) is -6.45. The van der Waals surface area contributed by atoms with Crippen LogP contribution in [0.5, 0.6) is 0 Å². The van der Waals surface area contributed by atoms with E-state index in [4.69, 9.17) is 37.9 Å². The standard InChI is InChI=1S/C55H86F2N8O15/c1-15-41-54(10,72)47(68)35(6)63(13)24-31(2)22-52(8,71)49(33(4)45(34(5)50(70)76-41)78-44-23-53(9,73-14)48(69)36(7)75-44)79-51-46(40(62(11)12)20-32(3)74-51)77-42(66)18-19-43(67)80-55(25-64-29-58-27-60-64,26-65-30-59-28-61-65)38-17-16-37(56)21-39(38)57/h16-17,21,27-36,40-41,44-49,51,68-69,71-72H,15,18-20,22-26H2,1-14H3/t31-,32-,33+,34-,35-,36+,40-,41-,44+,45+,46-,47-,48+,49-,51+,52-,53-,54-/m1/s1. The number of rotatable bonds is 17. The van der Waals surface area contributed by atoms with E-state index in [1.54, 1.807) is 69.6 Å². The van der Waals surface area contributed by atoms with Crippen molar-refractivity contribution in [1.82, 2.24) is 39.3 Å². The maximum absolute atomic E-state index is 15.8. The number of aliphatic hydroxyl groups is 4. The molecule has 2 aromatic heterocycles. The topological polar surface area (TPSA) is 274 Å². The number of aliphatic hydroxyl groups excluding tert-OH is 2. The van der Waals surface area contributed by atoms with Crippen LogP contribution < -0.4 is 0 Å². The number of ether oxygens (including phenoxy) is 8. The molecule has 5 heterocycles. The third-order valence-corrected chi connectivity index (χ3v) is 16.5. The second-order valence-corrected chi connectivity index (χ2v) is 23.4. The normalized spacial score (nSPS) is 36.4. The predicted octanol–water partition coefficient (Wildman–Crippen LogP) is 3.53. The number of benzene rings is 1. The van der Waals surface area contributed by atoms with Crippen molar-refractivity contribution in [3.63, 3.8) is 0 Å². The smallest absolute Gasteiger partial charge is 0.311 e. The highest BCUT2D eigenvalue weighted by atomic mass is 19.1. The van der Waals surface area contributed by atoms with Crippen molar-refractivity contribution >= 4 is 17.9 Å². The first-order valence-electron chi connectivity index (χ1n) is 27.5. The average Bonchev–Trinajstić information content (AvgIpc) is 4.24. The second-order valence-electron chi connectivity index (χ2n) is 23.4. The van der Waals surface area contributed by atoms with Gasteiger partial charge in [0.2, 0.25) is 0 Å². The van der Waals surface area contributed by atoms with Crippen LogP contribution in [0.4, 0.5) is 8.78 Å². The first-order chi connectivity index (χ1) is 37.4. The number of carbonyl (C=O) groups is 3. The molecule has 0 radical (unpaired) electrons. The Balaban J connectivity index is 1.35. The zero-order valence-electron chi connectivity index (χ0n) is 48.7. The number of halogens is 2. The van der Waals surface area contributed by atoms with E-state index in [2.05, 4.69) is 20.2 Å². The van der Waals surface area contributed by atoms with E-state index in [0.717, 1.165) is 12.1 Å². The van der Waals surface area contributed by atoms with Crippen molar-refractivity contribution in [3.8, 4) is 0 Å². The molecule has 0 amide bonds. The van der Waals surface area contributed by atoms with Crippen molar-refractivity contribution in [3.05, 3.63) is 60.7 Å². The first kappa shape index (κ1) is 64.5. The van der Waals surface area contributed by atoms with E-state index in [1.807, 2.05) is 23.6 Å². The molecule has 0 spiro atoms. The summed E-state index contributed by atoms with van der Waals surface area (Å²) in [5.74, 6) is -6.93. The molecule has 6 rings (SSSR count). The maximum atomic E-state index is 15.8. The van der Waals surface area contributed by atoms with E-state index in [-0.39, 0.29) is 43.8 Å². The van der Waals surface area contributed by atoms with Crippen LogP contribution in [0.2, 0.25) is 0 Å². The molecular formula is C55H86F2N8O15. The quantitative estimate of drug-likeness (QED) is 0.111. The Morgan fingerprint density at radius 1 is 0.887 bits per heavy atom. The summed E-state index contributed by atoms with van der Waals surface area (Å²) >= 11 is 0. The van der Waals surface area contributed by atoms with Crippen LogP contribution in [0.25, 0.3) is 0 Å². The number of carbonyl (C=O) groups excluding carboxylic acids is 3. The SMILES string of the molecule is CC[C@H]1OC(=O)[C@H](C)[C@@H](O[C@H]2C[C@@](C)(OC)[C@@H](O)[C@H](C)O2)[C@H](C)[C@@H](O[C@@H]2O[C@H](C)C[C@@H](N(C)C)[C@H]2OC(=O)CCC(=O)OC(Cn2cncn2)(Cn2cncn2)c2ccc(F)cc2F)[C@](C)(O)C[C@@H](C)CN(C)[C@H](C)[C@@H](O)[C@]1(C)O. The molecule has 1 aromatic carbocycles. The highest BCUT2D eigenvalue weighted by Crippen LogP contribution is 2.41. The summed E-state index contributed by atoms with van der Waals surface area (Å²) < 4.78 is 83.8. The summed E-state index contributed by atoms with van der Waals surface area (Å²) in [7, 11) is 6.84. The van der Waals surface area contributed by atoms with Gasteiger partial charge >= 0.3 is 17.9 Å². The van der Waals surface area contributed by atoms with Gasteiger partial charge in [0, 0.05) is 43.7 Å². The Kier molecular flexibility index (Phi) is 21.5. The molecule has 450 valence electrons. The largest absolute Gasteiger partial charge is 0.459 e. The zero-order chi connectivity index (χ0) is 59.2. The summed E-state index contributed by atoms with van der Waals surface area (Å²) in [6, 6.07) is 1.63. The fraction of sp³-hybridized carbons (Fsp3) is 0.764. The van der Waals surface area contributed by atoms with Crippen molar-refractivity contribution in [1.29, 1.82) is 0 Å². The number of esters is 3. The minimum atomic E-state index is -1.92. The molecule has 0 unspecified atom stereocenters. The lowest BCUT2D eigenvalue weighted by Crippen LogP contribution is -2.61. The second kappa shape index (κ2) is 26.7. The molecular weight excluding hydrogens is 1050 g/mol. The Morgan fingerprint density at radius 2 is 1.51 bits per heavy atom. The van der Waals surface area contributed by atoms with Gasteiger partial charge in [-0.1, -0.05) is 20.8 Å². The Bertz CT molecular complexity index is 2440. The summed E-state index contributed by atoms with van der Waals surface area (Å²) in [5.41, 5.74) is -6.96. The molecule has 4 N–H and O–H groups in total. The number of methoxy groups -OCH3 is 1. The van der Waals surface area contributed by atoms with Gasteiger partial charge in [-0.3, -0.25) is 14.4 Å². The number of hydrogen-bond acceptors (Lipinski definition) is 21. The summed E-state index contributed by atoms with van der Waals surface area (Å²) in [4.78, 5) is 54.7. The van der Waals surface area contributed by atoms with Crippen molar-refractivity contribution in [2.24, 2.45) is 17.8 Å². The predicted molar refractivity (Wildman–Crippen MR) is 281 cm³/mol. The molecule has 80 heavy (non-hydrogen) atoms. The number of hydrogen-bond donors (Lipinski definition) is 4. The zero-order valence-corrected chi connectivity index (χ0v) is 48.7. The molecule has 25 heteroatoms. The molecule has 3 saturated heterocycles. The van der Waals surface area contributed by atoms with Gasteiger partial charge in [0.1, 0.15) is 60.9 Å². The van der Waals surface area contributed by atoms with Crippen LogP contribution in [-0.2, 0) is 71.0 Å². The third kappa shape index (κ3) is 15.1. The van der Waals surface area contributed by atoms with Gasteiger partial charge in [-0.15, -0.1) is 0 Å². The van der Waals surface area contributed by atoms with Crippen LogP contribution in [0.15, 0.2) is 43.5 Å². The van der Waals surface area contributed by atoms with Crippen molar-refractivity contribution < 1.29 is 81.5 Å². The molecule has 0 saturated carbocycles. The number of likely N-dealkylation sites (N-methyl/N-ethyl adjacent to an activating group) is 2. The lowest BCUT2D eigenvalue weighted by Gasteiger charge is -2.49. The lowest BCUT2D eigenvalue weighted by molar-refractivity contribution is -0.319. The van der Waals surface area contributed by atoms with Crippen molar-refractivity contribution in [2.45, 2.75) is 217 Å². The first-order valence-corrected chi connectivity index (χ1v) is 27.5. The van der Waals surface area contributed by atoms with Gasteiger partial charge in [0.25, 0.3) is 0 Å². The van der Waals surface area contributed by atoms with E-state index >= 15 is 4.39 Å². The highest BCUT2D eigenvalue weighted by Gasteiger charge is 2.54. The molecule has 18 atom stereocenters. The molecule has 23 nitrogen and oxygen atoms in total. The Labute approximate surface area is 467 Å². The van der Waals surface area contributed by atoms with Crippen LogP contribution >= 0.6 is 0 Å². The van der Waals surface area contributed by atoms with Crippen LogP contribution in [0, 0.1) is 29.4 Å². The fourth-order valence-corrected chi connectivity index (χ4v) is 11.9. The molecule has 3 aromatic rings. The molecule has 3 aliphatic heterocycles. The van der Waals surface area contributed by atoms with Gasteiger partial charge in [-0.05, 0) is 107 Å². The lowest BCUT2D eigenvalue weighted by atomic mass is 9.77. The molecule has 3 fully saturated rings. The summed E-state index contributed by atoms with van der Waals surface area (Å²) in [5, 5.41) is 56.2. The van der Waals surface area contributed by atoms with Gasteiger partial charge in [0.15, 0.2) is 24.3 Å². The van der Waals surface area contributed by atoms with Gasteiger partial charge in [-0.25, -0.2) is 28.1 Å². The minimum absolute atomic E-state index is 0.0226. The monoisotopic (exact) mass is 1140 g/mol.